The number of methoxy groups -OCH3 is 1. The van der Waals surface area contributed by atoms with E-state index < -0.39 is 16.0 Å². The smallest absolute Gasteiger partial charge is 0.306 e. The van der Waals surface area contributed by atoms with Gasteiger partial charge in [-0.2, -0.15) is 0 Å². The molecule has 0 bridgehead atoms. The number of esters is 1. The van der Waals surface area contributed by atoms with Crippen LogP contribution in [0, 0.1) is 0 Å². The van der Waals surface area contributed by atoms with E-state index in [0.717, 1.165) is 6.42 Å². The van der Waals surface area contributed by atoms with Gasteiger partial charge in [0, 0.05) is 17.8 Å². The van der Waals surface area contributed by atoms with Crippen LogP contribution >= 0.6 is 0 Å². The Kier molecular flexibility index (Phi) is 9.25. The van der Waals surface area contributed by atoms with Crippen LogP contribution in [0.15, 0.2) is 83.8 Å². The molecule has 0 atom stereocenters. The highest BCUT2D eigenvalue weighted by Gasteiger charge is 2.15. The highest BCUT2D eigenvalue weighted by molar-refractivity contribution is 7.92. The monoisotopic (exact) mass is 496 g/mol. The third-order valence-electron chi connectivity index (χ3n) is 5.06. The van der Waals surface area contributed by atoms with Crippen LogP contribution in [0.1, 0.15) is 24.8 Å². The van der Waals surface area contributed by atoms with Crippen LogP contribution in [0.4, 0.5) is 11.4 Å². The summed E-state index contributed by atoms with van der Waals surface area (Å²) in [6.07, 6.45) is 1.46. The first kappa shape index (κ1) is 25.8. The fourth-order valence-electron chi connectivity index (χ4n) is 3.21. The first-order valence-electron chi connectivity index (χ1n) is 11.1. The minimum absolute atomic E-state index is 0.0312. The summed E-state index contributed by atoms with van der Waals surface area (Å²) < 4.78 is 37.9. The van der Waals surface area contributed by atoms with Gasteiger partial charge in [-0.15, -0.1) is 0 Å². The zero-order valence-corrected chi connectivity index (χ0v) is 20.2. The summed E-state index contributed by atoms with van der Waals surface area (Å²) in [7, 11) is -2.27. The third-order valence-corrected chi connectivity index (χ3v) is 6.46. The molecule has 3 rings (SSSR count). The van der Waals surface area contributed by atoms with E-state index in [-0.39, 0.29) is 23.6 Å². The van der Waals surface area contributed by atoms with E-state index in [1.807, 2.05) is 30.3 Å². The van der Waals surface area contributed by atoms with Crippen molar-refractivity contribution in [2.24, 2.45) is 0 Å². The molecule has 0 radical (unpaired) electrons. The number of rotatable bonds is 12. The molecule has 9 heteroatoms. The molecule has 0 aliphatic heterocycles. The van der Waals surface area contributed by atoms with Gasteiger partial charge in [0.2, 0.25) is 5.91 Å². The molecular formula is C26H28N2O6S. The standard InChI is InChI=1S/C26H28N2O6S/c1-33-23-13-9-22(10-14-23)28-35(31,32)24-15-11-21(12-16-24)27-25(29)17-18-26(30)34-19-5-8-20-6-3-2-4-7-20/h2-4,6-7,9-16,28H,5,8,17-19H2,1H3,(H,27,29). The Morgan fingerprint density at radius 1 is 0.829 bits per heavy atom. The lowest BCUT2D eigenvalue weighted by Crippen LogP contribution is -2.15. The van der Waals surface area contributed by atoms with Gasteiger partial charge in [0.25, 0.3) is 10.0 Å². The zero-order valence-electron chi connectivity index (χ0n) is 19.4. The second-order valence-corrected chi connectivity index (χ2v) is 9.40. The minimum Gasteiger partial charge on any atom is -0.497 e. The summed E-state index contributed by atoms with van der Waals surface area (Å²) in [5, 5.41) is 2.65. The predicted octanol–water partition coefficient (Wildman–Crippen LogP) is 4.39. The molecule has 0 unspecified atom stereocenters. The van der Waals surface area contributed by atoms with Gasteiger partial charge in [0.05, 0.1) is 25.0 Å². The van der Waals surface area contributed by atoms with E-state index in [0.29, 0.717) is 30.2 Å². The molecule has 184 valence electrons. The maximum absolute atomic E-state index is 12.6. The molecule has 0 aromatic heterocycles. The Morgan fingerprint density at radius 2 is 1.49 bits per heavy atom. The quantitative estimate of drug-likeness (QED) is 0.284. The van der Waals surface area contributed by atoms with Crippen LogP contribution in [-0.2, 0) is 30.8 Å². The van der Waals surface area contributed by atoms with Gasteiger partial charge in [0.15, 0.2) is 0 Å². The van der Waals surface area contributed by atoms with Crippen molar-refractivity contribution in [1.82, 2.24) is 0 Å². The molecule has 8 nitrogen and oxygen atoms in total. The van der Waals surface area contributed by atoms with E-state index in [4.69, 9.17) is 9.47 Å². The Balaban J connectivity index is 1.40. The van der Waals surface area contributed by atoms with E-state index in [1.54, 1.807) is 24.3 Å². The van der Waals surface area contributed by atoms with Crippen LogP contribution in [0.5, 0.6) is 5.75 Å². The number of anilines is 2. The van der Waals surface area contributed by atoms with E-state index in [2.05, 4.69) is 10.0 Å². The lowest BCUT2D eigenvalue weighted by Gasteiger charge is -2.10. The molecule has 35 heavy (non-hydrogen) atoms. The number of nitrogens with one attached hydrogen (secondary N) is 2. The first-order chi connectivity index (χ1) is 16.9. The molecule has 1 amide bonds. The normalized spacial score (nSPS) is 10.9. The Labute approximate surface area is 205 Å². The third kappa shape index (κ3) is 8.46. The maximum Gasteiger partial charge on any atom is 0.306 e. The molecule has 0 fully saturated rings. The van der Waals surface area contributed by atoms with Crippen LogP contribution in [0.3, 0.4) is 0 Å². The van der Waals surface area contributed by atoms with Crippen molar-refractivity contribution < 1.29 is 27.5 Å². The predicted molar refractivity (Wildman–Crippen MR) is 134 cm³/mol. The average molecular weight is 497 g/mol. The van der Waals surface area contributed by atoms with Gasteiger partial charge in [0.1, 0.15) is 5.75 Å². The number of hydrogen-bond donors (Lipinski definition) is 2. The van der Waals surface area contributed by atoms with E-state index >= 15 is 0 Å². The Morgan fingerprint density at radius 3 is 2.14 bits per heavy atom. The lowest BCUT2D eigenvalue weighted by molar-refractivity contribution is -0.144. The van der Waals surface area contributed by atoms with Crippen molar-refractivity contribution in [2.45, 2.75) is 30.6 Å². The highest BCUT2D eigenvalue weighted by Crippen LogP contribution is 2.20. The van der Waals surface area contributed by atoms with Gasteiger partial charge in [-0.3, -0.25) is 14.3 Å². The summed E-state index contributed by atoms with van der Waals surface area (Å²) in [6.45, 7) is 0.301. The highest BCUT2D eigenvalue weighted by atomic mass is 32.2. The van der Waals surface area contributed by atoms with Crippen molar-refractivity contribution in [1.29, 1.82) is 0 Å². The van der Waals surface area contributed by atoms with E-state index in [9.17, 15) is 18.0 Å². The average Bonchev–Trinajstić information content (AvgIpc) is 2.86. The summed E-state index contributed by atoms with van der Waals surface area (Å²) in [4.78, 5) is 24.1. The molecule has 0 spiro atoms. The van der Waals surface area contributed by atoms with Crippen molar-refractivity contribution in [3.63, 3.8) is 0 Å². The molecule has 0 heterocycles. The van der Waals surface area contributed by atoms with Crippen molar-refractivity contribution >= 4 is 33.3 Å². The maximum atomic E-state index is 12.6. The molecule has 2 N–H and O–H groups in total. The molecule has 0 saturated carbocycles. The van der Waals surface area contributed by atoms with Gasteiger partial charge < -0.3 is 14.8 Å². The number of carbonyl (C=O) groups is 2. The van der Waals surface area contributed by atoms with Crippen molar-refractivity contribution in [3.05, 3.63) is 84.4 Å². The van der Waals surface area contributed by atoms with Crippen molar-refractivity contribution in [2.75, 3.05) is 23.8 Å². The molecule has 3 aromatic rings. The lowest BCUT2D eigenvalue weighted by atomic mass is 10.1. The number of amides is 1. The number of benzene rings is 3. The second kappa shape index (κ2) is 12.6. The minimum atomic E-state index is -3.79. The fraction of sp³-hybridized carbons (Fsp3) is 0.231. The molecule has 3 aromatic carbocycles. The Hall–Kier alpha value is -3.85. The molecule has 0 aliphatic carbocycles. The second-order valence-electron chi connectivity index (χ2n) is 7.72. The topological polar surface area (TPSA) is 111 Å². The number of sulfonamides is 1. The molecule has 0 saturated heterocycles. The van der Waals surface area contributed by atoms with Crippen LogP contribution < -0.4 is 14.8 Å². The van der Waals surface area contributed by atoms with Gasteiger partial charge >= 0.3 is 5.97 Å². The van der Waals surface area contributed by atoms with Gasteiger partial charge in [-0.1, -0.05) is 30.3 Å². The van der Waals surface area contributed by atoms with Crippen LogP contribution in [-0.4, -0.2) is 34.0 Å². The number of ether oxygens (including phenoxy) is 2. The zero-order chi connectivity index (χ0) is 25.1. The van der Waals surface area contributed by atoms with Crippen molar-refractivity contribution in [3.8, 4) is 5.75 Å². The number of carbonyl (C=O) groups excluding carboxylic acids is 2. The van der Waals surface area contributed by atoms with Gasteiger partial charge in [-0.25, -0.2) is 8.42 Å². The van der Waals surface area contributed by atoms with Gasteiger partial charge in [-0.05, 0) is 66.9 Å². The first-order valence-corrected chi connectivity index (χ1v) is 12.6. The molecule has 0 aliphatic rings. The molecular weight excluding hydrogens is 468 g/mol. The summed E-state index contributed by atoms with van der Waals surface area (Å²) in [6, 6.07) is 22.2. The largest absolute Gasteiger partial charge is 0.497 e. The van der Waals surface area contributed by atoms with Crippen LogP contribution in [0.25, 0.3) is 0 Å². The Bertz CT molecular complexity index is 1210. The summed E-state index contributed by atoms with van der Waals surface area (Å²) >= 11 is 0. The van der Waals surface area contributed by atoms with Crippen LogP contribution in [0.2, 0.25) is 0 Å². The fourth-order valence-corrected chi connectivity index (χ4v) is 4.27. The number of aryl methyl sites for hydroxylation is 1. The number of hydrogen-bond acceptors (Lipinski definition) is 6. The summed E-state index contributed by atoms with van der Waals surface area (Å²) in [5.41, 5.74) is 2.00. The SMILES string of the molecule is COc1ccc(NS(=O)(=O)c2ccc(NC(=O)CCC(=O)OCCCc3ccccc3)cc2)cc1. The summed E-state index contributed by atoms with van der Waals surface area (Å²) in [5.74, 6) is -0.179. The van der Waals surface area contributed by atoms with E-state index in [1.165, 1.54) is 36.9 Å².